The van der Waals surface area contributed by atoms with Gasteiger partial charge in [-0.2, -0.15) is 10.5 Å². The van der Waals surface area contributed by atoms with Crippen LogP contribution in [0.2, 0.25) is 0 Å². The van der Waals surface area contributed by atoms with Gasteiger partial charge in [-0.1, -0.05) is 0 Å². The summed E-state index contributed by atoms with van der Waals surface area (Å²) in [6.45, 7) is 4.78. The van der Waals surface area contributed by atoms with E-state index in [1.165, 1.54) is 0 Å². The Labute approximate surface area is 90.3 Å². The molecule has 0 aliphatic rings. The monoisotopic (exact) mass is 208 g/mol. The summed E-state index contributed by atoms with van der Waals surface area (Å²) in [5.74, 6) is -0.178. The van der Waals surface area contributed by atoms with Gasteiger partial charge in [0.15, 0.2) is 0 Å². The fourth-order valence-electron chi connectivity index (χ4n) is 1.09. The Hall–Kier alpha value is -1.59. The van der Waals surface area contributed by atoms with Crippen molar-refractivity contribution in [3.05, 3.63) is 0 Å². The van der Waals surface area contributed by atoms with E-state index in [4.69, 9.17) is 10.5 Å². The zero-order chi connectivity index (χ0) is 11.7. The highest BCUT2D eigenvalue weighted by Crippen LogP contribution is 1.98. The minimum atomic E-state index is -0.178. The summed E-state index contributed by atoms with van der Waals surface area (Å²) in [6, 6.07) is 4.10. The molecule has 1 amide bonds. The molecule has 0 aromatic carbocycles. The molecule has 0 aliphatic carbocycles. The van der Waals surface area contributed by atoms with Gasteiger partial charge in [-0.15, -0.1) is 0 Å². The first-order chi connectivity index (χ1) is 7.11. The molecule has 0 saturated heterocycles. The zero-order valence-corrected chi connectivity index (χ0v) is 9.16. The summed E-state index contributed by atoms with van der Waals surface area (Å²) in [5.41, 5.74) is 0. The highest BCUT2D eigenvalue weighted by molar-refractivity contribution is 5.78. The van der Waals surface area contributed by atoms with Crippen LogP contribution < -0.4 is 5.32 Å². The van der Waals surface area contributed by atoms with Crippen LogP contribution in [0.4, 0.5) is 0 Å². The average molecular weight is 208 g/mol. The van der Waals surface area contributed by atoms with Crippen LogP contribution in [0.1, 0.15) is 20.3 Å². The minimum Gasteiger partial charge on any atom is -0.342 e. The lowest BCUT2D eigenvalue weighted by atomic mass is 10.3. The molecular formula is C10H16N4O. The molecule has 0 aromatic heterocycles. The second kappa shape index (κ2) is 7.78. The SMILES string of the molecule is CC(C)N(CCC#N)CC(=O)NCC#N. The number of rotatable bonds is 6. The molecule has 0 aliphatic heterocycles. The molecule has 0 rings (SSSR count). The Morgan fingerprint density at radius 3 is 2.53 bits per heavy atom. The topological polar surface area (TPSA) is 79.9 Å². The van der Waals surface area contributed by atoms with E-state index in [2.05, 4.69) is 5.32 Å². The van der Waals surface area contributed by atoms with Crippen molar-refractivity contribution in [3.8, 4) is 12.1 Å². The predicted octanol–water partition coefficient (Wildman–Crippen LogP) is 0.250. The summed E-state index contributed by atoms with van der Waals surface area (Å²) in [6.07, 6.45) is 0.406. The van der Waals surface area contributed by atoms with Gasteiger partial charge in [0.25, 0.3) is 0 Å². The molecule has 0 radical (unpaired) electrons. The van der Waals surface area contributed by atoms with Gasteiger partial charge in [0.2, 0.25) is 5.91 Å². The molecule has 0 bridgehead atoms. The summed E-state index contributed by atoms with van der Waals surface area (Å²) in [5, 5.41) is 19.2. The second-order valence-corrected chi connectivity index (χ2v) is 3.41. The molecule has 0 aromatic rings. The van der Waals surface area contributed by atoms with Crippen molar-refractivity contribution in [1.29, 1.82) is 10.5 Å². The van der Waals surface area contributed by atoms with E-state index in [1.807, 2.05) is 30.9 Å². The third-order valence-corrected chi connectivity index (χ3v) is 1.95. The molecule has 5 nitrogen and oxygen atoms in total. The van der Waals surface area contributed by atoms with Crippen molar-refractivity contribution in [3.63, 3.8) is 0 Å². The lowest BCUT2D eigenvalue weighted by Crippen LogP contribution is -2.41. The Bertz CT molecular complexity index is 274. The van der Waals surface area contributed by atoms with Crippen LogP contribution in [-0.4, -0.2) is 36.5 Å². The van der Waals surface area contributed by atoms with Crippen LogP contribution in [0.25, 0.3) is 0 Å². The molecule has 0 heterocycles. The average Bonchev–Trinajstić information content (AvgIpc) is 2.20. The predicted molar refractivity (Wildman–Crippen MR) is 55.6 cm³/mol. The molecule has 0 unspecified atom stereocenters. The molecule has 82 valence electrons. The maximum Gasteiger partial charge on any atom is 0.235 e. The van der Waals surface area contributed by atoms with Gasteiger partial charge in [0.05, 0.1) is 18.7 Å². The van der Waals surface area contributed by atoms with Crippen LogP contribution in [0, 0.1) is 22.7 Å². The van der Waals surface area contributed by atoms with Crippen molar-refractivity contribution in [2.24, 2.45) is 0 Å². The van der Waals surface area contributed by atoms with E-state index in [9.17, 15) is 4.79 Å². The molecule has 1 N–H and O–H groups in total. The van der Waals surface area contributed by atoms with Crippen LogP contribution in [0.3, 0.4) is 0 Å². The quantitative estimate of drug-likeness (QED) is 0.634. The maximum atomic E-state index is 11.3. The number of nitrogens with one attached hydrogen (secondary N) is 1. The van der Waals surface area contributed by atoms with Gasteiger partial charge in [-0.05, 0) is 13.8 Å². The normalized spacial score (nSPS) is 9.73. The minimum absolute atomic E-state index is 0.0308. The number of carbonyl (C=O) groups is 1. The third-order valence-electron chi connectivity index (χ3n) is 1.95. The highest BCUT2D eigenvalue weighted by Gasteiger charge is 2.12. The van der Waals surface area contributed by atoms with Crippen LogP contribution in [-0.2, 0) is 4.79 Å². The number of nitriles is 2. The van der Waals surface area contributed by atoms with E-state index >= 15 is 0 Å². The Kier molecular flexibility index (Phi) is 6.96. The number of carbonyl (C=O) groups excluding carboxylic acids is 1. The lowest BCUT2D eigenvalue weighted by Gasteiger charge is -2.24. The first-order valence-electron chi connectivity index (χ1n) is 4.86. The van der Waals surface area contributed by atoms with Gasteiger partial charge in [0, 0.05) is 19.0 Å². The Morgan fingerprint density at radius 2 is 2.07 bits per heavy atom. The van der Waals surface area contributed by atoms with Gasteiger partial charge >= 0.3 is 0 Å². The molecular weight excluding hydrogens is 192 g/mol. The van der Waals surface area contributed by atoms with Crippen molar-refractivity contribution in [2.45, 2.75) is 26.3 Å². The van der Waals surface area contributed by atoms with Gasteiger partial charge < -0.3 is 5.32 Å². The van der Waals surface area contributed by atoms with Crippen LogP contribution in [0.15, 0.2) is 0 Å². The standard InChI is InChI=1S/C10H16N4O/c1-9(2)14(7-3-4-11)8-10(15)13-6-5-12/h9H,3,6-8H2,1-2H3,(H,13,15). The van der Waals surface area contributed by atoms with E-state index < -0.39 is 0 Å². The van der Waals surface area contributed by atoms with E-state index in [0.29, 0.717) is 13.0 Å². The number of hydrogen-bond acceptors (Lipinski definition) is 4. The van der Waals surface area contributed by atoms with Gasteiger partial charge in [-0.25, -0.2) is 0 Å². The maximum absolute atomic E-state index is 11.3. The molecule has 0 spiro atoms. The molecule has 0 fully saturated rings. The summed E-state index contributed by atoms with van der Waals surface area (Å²) >= 11 is 0. The fourth-order valence-corrected chi connectivity index (χ4v) is 1.09. The van der Waals surface area contributed by atoms with Crippen LogP contribution >= 0.6 is 0 Å². The number of nitrogens with zero attached hydrogens (tertiary/aromatic N) is 3. The lowest BCUT2D eigenvalue weighted by molar-refractivity contribution is -0.122. The molecule has 0 atom stereocenters. The van der Waals surface area contributed by atoms with Crippen molar-refractivity contribution in [2.75, 3.05) is 19.6 Å². The third kappa shape index (κ3) is 6.48. The second-order valence-electron chi connectivity index (χ2n) is 3.41. The van der Waals surface area contributed by atoms with Crippen molar-refractivity contribution in [1.82, 2.24) is 10.2 Å². The largest absolute Gasteiger partial charge is 0.342 e. The number of amides is 1. The zero-order valence-electron chi connectivity index (χ0n) is 9.16. The van der Waals surface area contributed by atoms with E-state index in [1.54, 1.807) is 0 Å². The molecule has 0 saturated carbocycles. The van der Waals surface area contributed by atoms with Crippen molar-refractivity contribution < 1.29 is 4.79 Å². The smallest absolute Gasteiger partial charge is 0.235 e. The van der Waals surface area contributed by atoms with E-state index in [0.717, 1.165) is 0 Å². The van der Waals surface area contributed by atoms with Gasteiger partial charge in [0.1, 0.15) is 6.54 Å². The van der Waals surface area contributed by atoms with Gasteiger partial charge in [-0.3, -0.25) is 9.69 Å². The fraction of sp³-hybridized carbons (Fsp3) is 0.700. The summed E-state index contributed by atoms with van der Waals surface area (Å²) in [7, 11) is 0. The first kappa shape index (κ1) is 13.4. The summed E-state index contributed by atoms with van der Waals surface area (Å²) in [4.78, 5) is 13.2. The van der Waals surface area contributed by atoms with Crippen molar-refractivity contribution >= 4 is 5.91 Å². The molecule has 15 heavy (non-hydrogen) atoms. The number of hydrogen-bond donors (Lipinski definition) is 1. The first-order valence-corrected chi connectivity index (χ1v) is 4.86. The Balaban J connectivity index is 4.00. The van der Waals surface area contributed by atoms with Crippen LogP contribution in [0.5, 0.6) is 0 Å². The highest BCUT2D eigenvalue weighted by atomic mass is 16.2. The molecule has 5 heteroatoms. The Morgan fingerprint density at radius 1 is 1.40 bits per heavy atom. The van der Waals surface area contributed by atoms with E-state index in [-0.39, 0.29) is 25.0 Å². The summed E-state index contributed by atoms with van der Waals surface area (Å²) < 4.78 is 0.